The molecule has 0 atom stereocenters. The molecule has 2 aromatic heterocycles. The number of ether oxygens (including phenoxy) is 1. The molecule has 0 saturated heterocycles. The third-order valence-corrected chi connectivity index (χ3v) is 2.46. The molecule has 0 aliphatic carbocycles. The van der Waals surface area contributed by atoms with E-state index in [1.165, 1.54) is 6.07 Å². The quantitative estimate of drug-likeness (QED) is 0.899. The minimum absolute atomic E-state index is 0.226. The number of nitrogens with zero attached hydrogens (tertiary/aromatic N) is 2. The van der Waals surface area contributed by atoms with E-state index >= 15 is 0 Å². The van der Waals surface area contributed by atoms with Crippen LogP contribution in [0.5, 0.6) is 11.6 Å². The first-order valence-electron chi connectivity index (χ1n) is 5.81. The maximum absolute atomic E-state index is 11.3. The summed E-state index contributed by atoms with van der Waals surface area (Å²) in [7, 11) is 0. The Hall–Kier alpha value is -2.17. The largest absolute Gasteiger partial charge is 0.437 e. The lowest BCUT2D eigenvalue weighted by Gasteiger charge is -2.09. The molecule has 0 amide bonds. The number of aryl methyl sites for hydroxylation is 3. The fourth-order valence-electron chi connectivity index (χ4n) is 1.66. The van der Waals surface area contributed by atoms with Crippen LogP contribution in [-0.4, -0.2) is 15.0 Å². The van der Waals surface area contributed by atoms with E-state index in [0.717, 1.165) is 17.8 Å². The highest BCUT2D eigenvalue weighted by molar-refractivity contribution is 5.32. The Morgan fingerprint density at radius 3 is 2.72 bits per heavy atom. The van der Waals surface area contributed by atoms with Gasteiger partial charge in [-0.1, -0.05) is 6.92 Å². The summed E-state index contributed by atoms with van der Waals surface area (Å²) >= 11 is 0. The summed E-state index contributed by atoms with van der Waals surface area (Å²) in [6.07, 6.45) is 0.763. The van der Waals surface area contributed by atoms with Crippen molar-refractivity contribution < 1.29 is 4.74 Å². The molecule has 2 rings (SSSR count). The number of aromatic nitrogens is 3. The molecule has 0 aliphatic heterocycles. The third-order valence-electron chi connectivity index (χ3n) is 2.46. The SMILES string of the molecule is CCc1nc(C)ccc1Oc1cc(=O)[nH]c(C)n1. The minimum Gasteiger partial charge on any atom is -0.437 e. The first kappa shape index (κ1) is 12.3. The molecule has 2 aromatic rings. The molecule has 0 spiro atoms. The van der Waals surface area contributed by atoms with Gasteiger partial charge in [-0.2, -0.15) is 0 Å². The van der Waals surface area contributed by atoms with E-state index in [0.29, 0.717) is 11.6 Å². The van der Waals surface area contributed by atoms with E-state index in [1.807, 2.05) is 26.0 Å². The van der Waals surface area contributed by atoms with Crippen molar-refractivity contribution in [1.29, 1.82) is 0 Å². The Balaban J connectivity index is 2.36. The lowest BCUT2D eigenvalue weighted by atomic mass is 10.2. The van der Waals surface area contributed by atoms with E-state index in [1.54, 1.807) is 6.92 Å². The Morgan fingerprint density at radius 2 is 2.06 bits per heavy atom. The van der Waals surface area contributed by atoms with Crippen molar-refractivity contribution in [3.05, 3.63) is 45.8 Å². The molecule has 0 unspecified atom stereocenters. The molecule has 0 aliphatic rings. The molecule has 0 radical (unpaired) electrons. The molecule has 1 N–H and O–H groups in total. The van der Waals surface area contributed by atoms with E-state index < -0.39 is 0 Å². The Labute approximate surface area is 105 Å². The lowest BCUT2D eigenvalue weighted by molar-refractivity contribution is 0.450. The highest BCUT2D eigenvalue weighted by Crippen LogP contribution is 2.22. The van der Waals surface area contributed by atoms with Crippen LogP contribution in [0.2, 0.25) is 0 Å². The lowest BCUT2D eigenvalue weighted by Crippen LogP contribution is -2.08. The van der Waals surface area contributed by atoms with Crippen molar-refractivity contribution in [1.82, 2.24) is 15.0 Å². The predicted molar refractivity (Wildman–Crippen MR) is 68.0 cm³/mol. The zero-order valence-electron chi connectivity index (χ0n) is 10.7. The summed E-state index contributed by atoms with van der Waals surface area (Å²) in [4.78, 5) is 22.4. The molecule has 0 saturated carbocycles. The molecular formula is C13H15N3O2. The van der Waals surface area contributed by atoms with Crippen molar-refractivity contribution >= 4 is 0 Å². The van der Waals surface area contributed by atoms with Gasteiger partial charge in [-0.05, 0) is 32.4 Å². The van der Waals surface area contributed by atoms with Crippen molar-refractivity contribution in [3.8, 4) is 11.6 Å². The number of H-pyrrole nitrogens is 1. The smallest absolute Gasteiger partial charge is 0.254 e. The van der Waals surface area contributed by atoms with Gasteiger partial charge in [-0.25, -0.2) is 4.98 Å². The first-order chi connectivity index (χ1) is 8.58. The van der Waals surface area contributed by atoms with Crippen molar-refractivity contribution in [3.63, 3.8) is 0 Å². The Bertz CT molecular complexity index is 620. The number of pyridine rings is 1. The van der Waals surface area contributed by atoms with Gasteiger partial charge < -0.3 is 9.72 Å². The van der Waals surface area contributed by atoms with Crippen LogP contribution in [0.1, 0.15) is 24.1 Å². The Kier molecular flexibility index (Phi) is 3.41. The van der Waals surface area contributed by atoms with E-state index in [9.17, 15) is 4.79 Å². The molecule has 0 fully saturated rings. The average molecular weight is 245 g/mol. The van der Waals surface area contributed by atoms with Crippen molar-refractivity contribution in [2.45, 2.75) is 27.2 Å². The monoisotopic (exact) mass is 245 g/mol. The third kappa shape index (κ3) is 2.74. The fourth-order valence-corrected chi connectivity index (χ4v) is 1.66. The number of nitrogens with one attached hydrogen (secondary N) is 1. The van der Waals surface area contributed by atoms with Crippen molar-refractivity contribution in [2.24, 2.45) is 0 Å². The van der Waals surface area contributed by atoms with Gasteiger partial charge >= 0.3 is 0 Å². The molecule has 18 heavy (non-hydrogen) atoms. The van der Waals surface area contributed by atoms with Gasteiger partial charge in [0.1, 0.15) is 5.82 Å². The van der Waals surface area contributed by atoms with E-state index in [2.05, 4.69) is 15.0 Å². The second kappa shape index (κ2) is 5.00. The molecule has 2 heterocycles. The fraction of sp³-hybridized carbons (Fsp3) is 0.308. The van der Waals surface area contributed by atoms with Crippen LogP contribution in [0.3, 0.4) is 0 Å². The zero-order chi connectivity index (χ0) is 13.1. The summed E-state index contributed by atoms with van der Waals surface area (Å²) in [5.74, 6) is 1.45. The zero-order valence-corrected chi connectivity index (χ0v) is 10.7. The van der Waals surface area contributed by atoms with Crippen molar-refractivity contribution in [2.75, 3.05) is 0 Å². The summed E-state index contributed by atoms with van der Waals surface area (Å²) < 4.78 is 5.62. The molecule has 5 nitrogen and oxygen atoms in total. The molecule has 0 aromatic carbocycles. The summed E-state index contributed by atoms with van der Waals surface area (Å²) in [6, 6.07) is 5.04. The minimum atomic E-state index is -0.226. The van der Waals surface area contributed by atoms with Gasteiger partial charge in [0.05, 0.1) is 11.8 Å². The van der Waals surface area contributed by atoms with E-state index in [-0.39, 0.29) is 11.4 Å². The molecule has 5 heteroatoms. The van der Waals surface area contributed by atoms with Crippen LogP contribution >= 0.6 is 0 Å². The summed E-state index contributed by atoms with van der Waals surface area (Å²) in [6.45, 7) is 5.64. The number of aromatic amines is 1. The topological polar surface area (TPSA) is 67.9 Å². The van der Waals surface area contributed by atoms with Gasteiger partial charge in [-0.3, -0.25) is 9.78 Å². The van der Waals surface area contributed by atoms with Crippen LogP contribution in [0.4, 0.5) is 0 Å². The van der Waals surface area contributed by atoms with Gasteiger partial charge in [0.15, 0.2) is 5.75 Å². The molecular weight excluding hydrogens is 230 g/mol. The molecule has 0 bridgehead atoms. The second-order valence-corrected chi connectivity index (χ2v) is 4.02. The van der Waals surface area contributed by atoms with Crippen LogP contribution in [0, 0.1) is 13.8 Å². The van der Waals surface area contributed by atoms with Crippen LogP contribution in [0.15, 0.2) is 23.0 Å². The van der Waals surface area contributed by atoms with Gasteiger partial charge in [-0.15, -0.1) is 0 Å². The maximum atomic E-state index is 11.3. The maximum Gasteiger partial charge on any atom is 0.254 e. The van der Waals surface area contributed by atoms with Crippen LogP contribution < -0.4 is 10.3 Å². The highest BCUT2D eigenvalue weighted by Gasteiger charge is 2.07. The Morgan fingerprint density at radius 1 is 1.28 bits per heavy atom. The van der Waals surface area contributed by atoms with Gasteiger partial charge in [0.2, 0.25) is 5.88 Å². The van der Waals surface area contributed by atoms with Crippen LogP contribution in [-0.2, 0) is 6.42 Å². The summed E-state index contributed by atoms with van der Waals surface area (Å²) in [5, 5.41) is 0. The standard InChI is InChI=1S/C13H15N3O2/c1-4-10-11(6-5-8(2)14-10)18-13-7-12(17)15-9(3)16-13/h5-7H,4H2,1-3H3,(H,15,16,17). The van der Waals surface area contributed by atoms with Gasteiger partial charge in [0.25, 0.3) is 5.56 Å². The van der Waals surface area contributed by atoms with Crippen LogP contribution in [0.25, 0.3) is 0 Å². The normalized spacial score (nSPS) is 10.4. The predicted octanol–water partition coefficient (Wildman–Crippen LogP) is 2.14. The number of rotatable bonds is 3. The van der Waals surface area contributed by atoms with Gasteiger partial charge in [0, 0.05) is 5.69 Å². The number of hydrogen-bond acceptors (Lipinski definition) is 4. The average Bonchev–Trinajstić information content (AvgIpc) is 2.30. The highest BCUT2D eigenvalue weighted by atomic mass is 16.5. The number of hydrogen-bond donors (Lipinski definition) is 1. The summed E-state index contributed by atoms with van der Waals surface area (Å²) in [5.41, 5.74) is 1.57. The van der Waals surface area contributed by atoms with E-state index in [4.69, 9.17) is 4.74 Å². The second-order valence-electron chi connectivity index (χ2n) is 4.02. The molecule has 94 valence electrons. The first-order valence-corrected chi connectivity index (χ1v) is 5.81.